The minimum absolute atomic E-state index is 0.811. The van der Waals surface area contributed by atoms with Crippen LogP contribution < -0.4 is 0 Å². The molecule has 5 fully saturated rings. The molecule has 5 saturated heterocycles. The summed E-state index contributed by atoms with van der Waals surface area (Å²) in [5, 5.41) is 176. The topological polar surface area (TPSA) is 427 Å². The molecule has 17 N–H and O–H groups in total. The van der Waals surface area contributed by atoms with Crippen molar-refractivity contribution in [2.45, 2.75) is 154 Å². The van der Waals surface area contributed by atoms with Gasteiger partial charge in [-0.25, -0.2) is 0 Å². The molecule has 26 heteroatoms. The van der Waals surface area contributed by atoms with Crippen LogP contribution in [0.2, 0.25) is 0 Å². The van der Waals surface area contributed by atoms with E-state index in [4.69, 9.17) is 42.6 Å². The van der Waals surface area contributed by atoms with Crippen LogP contribution in [0.3, 0.4) is 0 Å². The molecule has 0 unspecified atom stereocenters. The Balaban J connectivity index is 1.22. The maximum absolute atomic E-state index is 11.1. The largest absolute Gasteiger partial charge is 0.394 e. The van der Waals surface area contributed by atoms with Crippen molar-refractivity contribution in [3.63, 3.8) is 0 Å². The van der Waals surface area contributed by atoms with E-state index in [-0.39, 0.29) is 0 Å². The lowest BCUT2D eigenvalue weighted by Crippen LogP contribution is -2.68. The van der Waals surface area contributed by atoms with Gasteiger partial charge in [-0.1, -0.05) is 0 Å². The van der Waals surface area contributed by atoms with Crippen molar-refractivity contribution >= 4 is 0 Å². The molecule has 0 aromatic rings. The van der Waals surface area contributed by atoms with Crippen molar-refractivity contribution < 1.29 is 129 Å². The molecule has 26 nitrogen and oxygen atoms in total. The predicted octanol–water partition coefficient (Wildman–Crippen LogP) is -11.9. The van der Waals surface area contributed by atoms with Gasteiger partial charge in [0.05, 0.1) is 33.0 Å². The molecule has 0 spiro atoms. The second kappa shape index (κ2) is 19.6. The zero-order valence-corrected chi connectivity index (χ0v) is 29.2. The monoisotopic (exact) mass is 828 g/mol. The lowest BCUT2D eigenvalue weighted by Gasteiger charge is -2.49. The van der Waals surface area contributed by atoms with E-state index in [1.807, 2.05) is 0 Å². The highest BCUT2D eigenvalue weighted by Crippen LogP contribution is 2.35. The number of hydrogen-bond acceptors (Lipinski definition) is 26. The zero-order chi connectivity index (χ0) is 41.3. The normalized spacial score (nSPS) is 53.2. The maximum atomic E-state index is 11.1. The van der Waals surface area contributed by atoms with E-state index >= 15 is 0 Å². The minimum atomic E-state index is -2.12. The van der Waals surface area contributed by atoms with Crippen molar-refractivity contribution in [1.82, 2.24) is 0 Å². The molecular weight excluding hydrogens is 776 g/mol. The van der Waals surface area contributed by atoms with Gasteiger partial charge in [0.2, 0.25) is 0 Å². The van der Waals surface area contributed by atoms with Crippen LogP contribution in [0.25, 0.3) is 0 Å². The number of hydrogen-bond donors (Lipinski definition) is 17. The molecule has 328 valence electrons. The van der Waals surface area contributed by atoms with E-state index in [1.54, 1.807) is 0 Å². The van der Waals surface area contributed by atoms with Crippen molar-refractivity contribution in [3.05, 3.63) is 0 Å². The van der Waals surface area contributed by atoms with Crippen LogP contribution in [0, 0.1) is 0 Å². The first-order valence-corrected chi connectivity index (χ1v) is 17.6. The summed E-state index contributed by atoms with van der Waals surface area (Å²) in [6.07, 6.45) is -45.8. The number of aliphatic hydroxyl groups excluding tert-OH is 17. The van der Waals surface area contributed by atoms with E-state index in [9.17, 15) is 86.8 Å². The molecule has 0 bridgehead atoms. The van der Waals surface area contributed by atoms with Gasteiger partial charge in [-0.15, -0.1) is 0 Å². The van der Waals surface area contributed by atoms with Crippen LogP contribution in [0.4, 0.5) is 0 Å². The Labute approximate surface area is 316 Å². The Bertz CT molecular complexity index is 1200. The second-order valence-corrected chi connectivity index (χ2v) is 13.9. The summed E-state index contributed by atoms with van der Waals surface area (Å²) in [4.78, 5) is 0. The highest BCUT2D eigenvalue weighted by Gasteiger charge is 2.56. The Morgan fingerprint density at radius 3 is 0.821 bits per heavy atom. The quantitative estimate of drug-likeness (QED) is 0.0819. The molecule has 5 aliphatic rings. The van der Waals surface area contributed by atoms with Gasteiger partial charge in [0.15, 0.2) is 31.5 Å². The lowest BCUT2D eigenvalue weighted by molar-refractivity contribution is -0.392. The summed E-state index contributed by atoms with van der Waals surface area (Å²) in [5.74, 6) is 0. The van der Waals surface area contributed by atoms with Crippen LogP contribution in [0.5, 0.6) is 0 Å². The van der Waals surface area contributed by atoms with E-state index in [0.717, 1.165) is 0 Å². The third-order valence-corrected chi connectivity index (χ3v) is 10.3. The fraction of sp³-hybridized carbons (Fsp3) is 1.00. The molecule has 5 rings (SSSR count). The first-order chi connectivity index (χ1) is 26.5. The van der Waals surface area contributed by atoms with E-state index in [2.05, 4.69) is 0 Å². The second-order valence-electron chi connectivity index (χ2n) is 13.9. The highest BCUT2D eigenvalue weighted by atomic mass is 16.8. The van der Waals surface area contributed by atoms with Crippen molar-refractivity contribution in [2.75, 3.05) is 33.0 Å². The summed E-state index contributed by atoms with van der Waals surface area (Å²) < 4.78 is 49.1. The fourth-order valence-electron chi connectivity index (χ4n) is 7.03. The average molecular weight is 829 g/mol. The summed E-state index contributed by atoms with van der Waals surface area (Å²) in [5.41, 5.74) is 0. The third-order valence-electron chi connectivity index (χ3n) is 10.3. The number of rotatable bonds is 13. The minimum Gasteiger partial charge on any atom is -0.394 e. The molecule has 56 heavy (non-hydrogen) atoms. The summed E-state index contributed by atoms with van der Waals surface area (Å²) in [7, 11) is 0. The Morgan fingerprint density at radius 1 is 0.268 bits per heavy atom. The summed E-state index contributed by atoms with van der Waals surface area (Å²) >= 11 is 0. The molecule has 0 aromatic heterocycles. The average Bonchev–Trinajstić information content (AvgIpc) is 3.19. The van der Waals surface area contributed by atoms with Crippen LogP contribution in [-0.4, -0.2) is 273 Å². The van der Waals surface area contributed by atoms with Crippen LogP contribution in [-0.2, 0) is 42.6 Å². The standard InChI is InChI=1S/C30H52O26/c31-1-6-11(36)12(37)18(43)27(49-6)54-23-8(3-33)51-29(20(45)14(23)39)56-25-10(5-35)52-30(21(46)16(25)41)55-24-9(4-34)50-28(19(44)15(24)40)53-22-7(2-32)48-26(47)17(42)13(22)38/h6-47H,1-5H2/t6-,7-,8-,9-,10-,11-,12+,13-,14-,15-,16-,17+,18+,19+,20+,21+,22-,23-,24-,25-,26-,27+,28+,29+,30+/m1/s1. The van der Waals surface area contributed by atoms with Crippen LogP contribution >= 0.6 is 0 Å². The Hall–Kier alpha value is -1.04. The van der Waals surface area contributed by atoms with Crippen LogP contribution in [0.15, 0.2) is 0 Å². The molecule has 5 aliphatic heterocycles. The third kappa shape index (κ3) is 9.16. The SMILES string of the molecule is OC[C@H]1O[C@@H](O[C@H]2[C@H](O)[C@H](O)[C@H](O[C@H]3[C@H](O)[C@H](O)[C@H](O[C@H]4[C@H](O)[C@H](O)[C@H](O[C@H]5[C@H](O)[C@H](O)[C@H](O)O[C@@H]5CO)O[C@@H]4CO)O[C@@H]3CO)O[C@@H]2CO)[C@@H](O)[C@@H](O)[C@@H]1O. The van der Waals surface area contributed by atoms with Gasteiger partial charge in [0.1, 0.15) is 122 Å². The van der Waals surface area contributed by atoms with E-state index in [0.29, 0.717) is 0 Å². The molecule has 0 aliphatic carbocycles. The van der Waals surface area contributed by atoms with Gasteiger partial charge < -0.3 is 129 Å². The zero-order valence-electron chi connectivity index (χ0n) is 29.2. The fourth-order valence-corrected chi connectivity index (χ4v) is 7.03. The van der Waals surface area contributed by atoms with E-state index < -0.39 is 187 Å². The molecule has 5 heterocycles. The van der Waals surface area contributed by atoms with Gasteiger partial charge in [-0.2, -0.15) is 0 Å². The van der Waals surface area contributed by atoms with Gasteiger partial charge in [-0.05, 0) is 0 Å². The van der Waals surface area contributed by atoms with Gasteiger partial charge in [0.25, 0.3) is 0 Å². The molecule has 0 saturated carbocycles. The van der Waals surface area contributed by atoms with Crippen molar-refractivity contribution in [1.29, 1.82) is 0 Å². The first-order valence-electron chi connectivity index (χ1n) is 17.6. The number of aliphatic hydroxyl groups is 17. The molecule has 25 atom stereocenters. The smallest absolute Gasteiger partial charge is 0.187 e. The Kier molecular flexibility index (Phi) is 16.1. The molecule has 0 radical (unpaired) electrons. The van der Waals surface area contributed by atoms with Gasteiger partial charge >= 0.3 is 0 Å². The predicted molar refractivity (Wildman–Crippen MR) is 167 cm³/mol. The van der Waals surface area contributed by atoms with Crippen LogP contribution in [0.1, 0.15) is 0 Å². The summed E-state index contributed by atoms with van der Waals surface area (Å²) in [6, 6.07) is 0. The Morgan fingerprint density at radius 2 is 0.518 bits per heavy atom. The molecule has 0 amide bonds. The van der Waals surface area contributed by atoms with Gasteiger partial charge in [-0.3, -0.25) is 0 Å². The maximum Gasteiger partial charge on any atom is 0.187 e. The highest BCUT2D eigenvalue weighted by molar-refractivity contribution is 4.99. The molecular formula is C30H52O26. The van der Waals surface area contributed by atoms with E-state index in [1.165, 1.54) is 0 Å². The van der Waals surface area contributed by atoms with Crippen molar-refractivity contribution in [2.24, 2.45) is 0 Å². The summed E-state index contributed by atoms with van der Waals surface area (Å²) in [6.45, 7) is -4.51. The lowest BCUT2D eigenvalue weighted by atomic mass is 9.95. The van der Waals surface area contributed by atoms with Gasteiger partial charge in [0, 0.05) is 0 Å². The number of ether oxygens (including phenoxy) is 9. The first kappa shape index (κ1) is 46.0. The molecule has 0 aromatic carbocycles. The van der Waals surface area contributed by atoms with Crippen molar-refractivity contribution in [3.8, 4) is 0 Å².